The van der Waals surface area contributed by atoms with Gasteiger partial charge in [-0.15, -0.1) is 10.2 Å². The molecule has 0 radical (unpaired) electrons. The molecule has 2 rings (SSSR count). The number of nitrogens with zero attached hydrogens (tertiary/aromatic N) is 3. The Labute approximate surface area is 101 Å². The quantitative estimate of drug-likeness (QED) is 0.788. The lowest BCUT2D eigenvalue weighted by molar-refractivity contribution is 0.186. The number of benzene rings is 1. The number of aryl methyl sites for hydroxylation is 1. The highest BCUT2D eigenvalue weighted by atomic mass is 16.5. The Kier molecular flexibility index (Phi) is 3.88. The molecule has 1 heterocycles. The zero-order valence-electron chi connectivity index (χ0n) is 10.3. The summed E-state index contributed by atoms with van der Waals surface area (Å²) in [7, 11) is 1.70. The van der Waals surface area contributed by atoms with Crippen LogP contribution in [-0.4, -0.2) is 28.5 Å². The first-order valence-corrected chi connectivity index (χ1v) is 5.71. The van der Waals surface area contributed by atoms with E-state index in [9.17, 15) is 0 Å². The standard InChI is InChI=1S/C13H17N3O/c1-11-3-5-12(6-4-11)9-13-15-14-10-16(13)7-8-17-2/h3-6,10H,7-9H2,1-2H3. The lowest BCUT2D eigenvalue weighted by Crippen LogP contribution is -2.08. The van der Waals surface area contributed by atoms with E-state index in [1.54, 1.807) is 13.4 Å². The average Bonchev–Trinajstić information content (AvgIpc) is 2.77. The predicted octanol–water partition coefficient (Wildman–Crippen LogP) is 1.82. The van der Waals surface area contributed by atoms with Crippen molar-refractivity contribution < 1.29 is 4.74 Å². The molecule has 90 valence electrons. The molecule has 0 bridgehead atoms. The average molecular weight is 231 g/mol. The van der Waals surface area contributed by atoms with Gasteiger partial charge in [-0.05, 0) is 12.5 Å². The highest BCUT2D eigenvalue weighted by Gasteiger charge is 2.04. The molecule has 0 fully saturated rings. The van der Waals surface area contributed by atoms with Crippen molar-refractivity contribution in [2.45, 2.75) is 19.9 Å². The lowest BCUT2D eigenvalue weighted by atomic mass is 10.1. The van der Waals surface area contributed by atoms with Crippen LogP contribution < -0.4 is 0 Å². The van der Waals surface area contributed by atoms with E-state index in [2.05, 4.69) is 41.4 Å². The number of hydrogen-bond acceptors (Lipinski definition) is 3. The summed E-state index contributed by atoms with van der Waals surface area (Å²) in [4.78, 5) is 0. The van der Waals surface area contributed by atoms with Crippen molar-refractivity contribution >= 4 is 0 Å². The molecule has 0 atom stereocenters. The Morgan fingerprint density at radius 2 is 2.00 bits per heavy atom. The van der Waals surface area contributed by atoms with E-state index < -0.39 is 0 Å². The molecule has 4 nitrogen and oxygen atoms in total. The van der Waals surface area contributed by atoms with Crippen molar-refractivity contribution in [2.24, 2.45) is 0 Å². The van der Waals surface area contributed by atoms with Gasteiger partial charge in [-0.25, -0.2) is 0 Å². The summed E-state index contributed by atoms with van der Waals surface area (Å²) in [6.45, 7) is 3.56. The van der Waals surface area contributed by atoms with Gasteiger partial charge >= 0.3 is 0 Å². The van der Waals surface area contributed by atoms with Crippen LogP contribution >= 0.6 is 0 Å². The number of hydrogen-bond donors (Lipinski definition) is 0. The minimum Gasteiger partial charge on any atom is -0.383 e. The van der Waals surface area contributed by atoms with Crippen molar-refractivity contribution in [1.82, 2.24) is 14.8 Å². The van der Waals surface area contributed by atoms with E-state index >= 15 is 0 Å². The molecule has 0 aliphatic rings. The topological polar surface area (TPSA) is 39.9 Å². The summed E-state index contributed by atoms with van der Waals surface area (Å²) in [5.74, 6) is 0.978. The summed E-state index contributed by atoms with van der Waals surface area (Å²) in [5.41, 5.74) is 2.52. The van der Waals surface area contributed by atoms with Gasteiger partial charge in [0.05, 0.1) is 6.61 Å². The molecule has 0 saturated heterocycles. The number of methoxy groups -OCH3 is 1. The van der Waals surface area contributed by atoms with E-state index in [1.165, 1.54) is 11.1 Å². The second-order valence-corrected chi connectivity index (χ2v) is 4.10. The van der Waals surface area contributed by atoms with Crippen molar-refractivity contribution in [3.63, 3.8) is 0 Å². The molecule has 1 aromatic heterocycles. The van der Waals surface area contributed by atoms with Crippen LogP contribution in [0.4, 0.5) is 0 Å². The smallest absolute Gasteiger partial charge is 0.137 e. The maximum Gasteiger partial charge on any atom is 0.137 e. The van der Waals surface area contributed by atoms with E-state index in [0.717, 1.165) is 18.8 Å². The lowest BCUT2D eigenvalue weighted by Gasteiger charge is -2.06. The van der Waals surface area contributed by atoms with E-state index in [0.29, 0.717) is 6.61 Å². The fourth-order valence-corrected chi connectivity index (χ4v) is 1.68. The third-order valence-electron chi connectivity index (χ3n) is 2.71. The Bertz CT molecular complexity index is 462. The van der Waals surface area contributed by atoms with Crippen molar-refractivity contribution in [3.05, 3.63) is 47.5 Å². The normalized spacial score (nSPS) is 10.7. The first-order chi connectivity index (χ1) is 8.29. The molecular weight excluding hydrogens is 214 g/mol. The Balaban J connectivity index is 2.07. The second kappa shape index (κ2) is 5.59. The fourth-order valence-electron chi connectivity index (χ4n) is 1.68. The first kappa shape index (κ1) is 11.8. The first-order valence-electron chi connectivity index (χ1n) is 5.71. The zero-order valence-corrected chi connectivity index (χ0v) is 10.3. The van der Waals surface area contributed by atoms with Gasteiger partial charge < -0.3 is 9.30 Å². The van der Waals surface area contributed by atoms with Crippen LogP contribution in [0.5, 0.6) is 0 Å². The maximum absolute atomic E-state index is 5.06. The second-order valence-electron chi connectivity index (χ2n) is 4.10. The van der Waals surface area contributed by atoms with E-state index in [1.807, 2.05) is 4.57 Å². The van der Waals surface area contributed by atoms with Gasteiger partial charge in [-0.2, -0.15) is 0 Å². The zero-order chi connectivity index (χ0) is 12.1. The van der Waals surface area contributed by atoms with Gasteiger partial charge in [-0.1, -0.05) is 29.8 Å². The largest absolute Gasteiger partial charge is 0.383 e. The molecule has 0 amide bonds. The van der Waals surface area contributed by atoms with Crippen LogP contribution in [-0.2, 0) is 17.7 Å². The van der Waals surface area contributed by atoms with Gasteiger partial charge in [-0.3, -0.25) is 0 Å². The Hall–Kier alpha value is -1.68. The summed E-state index contributed by atoms with van der Waals surface area (Å²) in [6, 6.07) is 8.49. The molecule has 2 aromatic rings. The molecule has 1 aromatic carbocycles. The van der Waals surface area contributed by atoms with Crippen LogP contribution in [0.3, 0.4) is 0 Å². The van der Waals surface area contributed by atoms with Gasteiger partial charge in [0.2, 0.25) is 0 Å². The molecule has 0 aliphatic heterocycles. The van der Waals surface area contributed by atoms with Crippen LogP contribution in [0.25, 0.3) is 0 Å². The molecule has 0 unspecified atom stereocenters. The highest BCUT2D eigenvalue weighted by Crippen LogP contribution is 2.08. The van der Waals surface area contributed by atoms with Crippen LogP contribution in [0.2, 0.25) is 0 Å². The fraction of sp³-hybridized carbons (Fsp3) is 0.385. The predicted molar refractivity (Wildman–Crippen MR) is 65.9 cm³/mol. The maximum atomic E-state index is 5.06. The van der Waals surface area contributed by atoms with Crippen LogP contribution in [0.15, 0.2) is 30.6 Å². The van der Waals surface area contributed by atoms with Crippen molar-refractivity contribution in [2.75, 3.05) is 13.7 Å². The summed E-state index contributed by atoms with van der Waals surface area (Å²) in [5, 5.41) is 8.09. The summed E-state index contributed by atoms with van der Waals surface area (Å²) in [6.07, 6.45) is 2.56. The number of rotatable bonds is 5. The molecule has 0 spiro atoms. The minimum absolute atomic E-state index is 0.680. The molecular formula is C13H17N3O. The van der Waals surface area contributed by atoms with Crippen LogP contribution in [0.1, 0.15) is 17.0 Å². The van der Waals surface area contributed by atoms with Gasteiger partial charge in [0, 0.05) is 20.1 Å². The van der Waals surface area contributed by atoms with Gasteiger partial charge in [0.1, 0.15) is 12.2 Å². The molecule has 4 heteroatoms. The third kappa shape index (κ3) is 3.14. The SMILES string of the molecule is COCCn1cnnc1Cc1ccc(C)cc1. The Morgan fingerprint density at radius 3 is 2.71 bits per heavy atom. The highest BCUT2D eigenvalue weighted by molar-refractivity contribution is 5.23. The third-order valence-corrected chi connectivity index (χ3v) is 2.71. The Morgan fingerprint density at radius 1 is 1.24 bits per heavy atom. The molecule has 0 aliphatic carbocycles. The van der Waals surface area contributed by atoms with E-state index in [4.69, 9.17) is 4.74 Å². The van der Waals surface area contributed by atoms with Crippen LogP contribution in [0, 0.1) is 6.92 Å². The van der Waals surface area contributed by atoms with Crippen molar-refractivity contribution in [3.8, 4) is 0 Å². The molecule has 0 N–H and O–H groups in total. The van der Waals surface area contributed by atoms with Gasteiger partial charge in [0.15, 0.2) is 0 Å². The van der Waals surface area contributed by atoms with Crippen molar-refractivity contribution in [1.29, 1.82) is 0 Å². The molecule has 17 heavy (non-hydrogen) atoms. The number of aromatic nitrogens is 3. The summed E-state index contributed by atoms with van der Waals surface area (Å²) < 4.78 is 7.09. The minimum atomic E-state index is 0.680. The van der Waals surface area contributed by atoms with E-state index in [-0.39, 0.29) is 0 Å². The monoisotopic (exact) mass is 231 g/mol. The summed E-state index contributed by atoms with van der Waals surface area (Å²) >= 11 is 0. The number of ether oxygens (including phenoxy) is 1. The molecule has 0 saturated carbocycles. The van der Waals surface area contributed by atoms with Gasteiger partial charge in [0.25, 0.3) is 0 Å².